The van der Waals surface area contributed by atoms with E-state index in [1.54, 1.807) is 13.8 Å². The monoisotopic (exact) mass is 519 g/mol. The zero-order chi connectivity index (χ0) is 28.3. The molecule has 1 aliphatic carbocycles. The predicted octanol–water partition coefficient (Wildman–Crippen LogP) is 7.79. The number of esters is 2. The Morgan fingerprint density at radius 2 is 1.68 bits per heavy atom. The van der Waals surface area contributed by atoms with Crippen LogP contribution < -0.4 is 14.8 Å². The highest BCUT2D eigenvalue weighted by atomic mass is 16.5. The molecule has 6 nitrogen and oxygen atoms in total. The summed E-state index contributed by atoms with van der Waals surface area (Å²) in [6.45, 7) is 14.1. The van der Waals surface area contributed by atoms with Crippen molar-refractivity contribution in [3.8, 4) is 11.5 Å². The largest absolute Gasteiger partial charge is 0.426 e. The third-order valence-corrected chi connectivity index (χ3v) is 6.38. The molecule has 0 radical (unpaired) electrons. The van der Waals surface area contributed by atoms with Crippen LogP contribution in [0.2, 0.25) is 0 Å². The number of carbonyl (C=O) groups excluding carboxylic acids is 3. The molecule has 1 aromatic carbocycles. The maximum atomic E-state index is 12.6. The second-order valence-electron chi connectivity index (χ2n) is 10.2. The minimum absolute atomic E-state index is 0.116. The van der Waals surface area contributed by atoms with Gasteiger partial charge in [-0.25, -0.2) is 0 Å². The fourth-order valence-corrected chi connectivity index (χ4v) is 4.21. The van der Waals surface area contributed by atoms with Gasteiger partial charge < -0.3 is 14.8 Å². The van der Waals surface area contributed by atoms with E-state index in [4.69, 9.17) is 9.47 Å². The lowest BCUT2D eigenvalue weighted by molar-refractivity contribution is -0.134. The van der Waals surface area contributed by atoms with E-state index in [2.05, 4.69) is 45.2 Å². The van der Waals surface area contributed by atoms with Crippen molar-refractivity contribution in [3.05, 3.63) is 76.9 Å². The van der Waals surface area contributed by atoms with Crippen molar-refractivity contribution in [2.24, 2.45) is 5.41 Å². The molecule has 1 N–H and O–H groups in total. The topological polar surface area (TPSA) is 81.7 Å². The summed E-state index contributed by atoms with van der Waals surface area (Å²) in [5.74, 6) is -0.904. The fourth-order valence-electron chi connectivity index (χ4n) is 4.21. The van der Waals surface area contributed by atoms with E-state index in [1.165, 1.54) is 48.3 Å². The van der Waals surface area contributed by atoms with E-state index < -0.39 is 11.9 Å². The highest BCUT2D eigenvalue weighted by Crippen LogP contribution is 2.40. The van der Waals surface area contributed by atoms with Gasteiger partial charge in [-0.15, -0.1) is 0 Å². The number of carbonyl (C=O) groups is 3. The van der Waals surface area contributed by atoms with Crippen molar-refractivity contribution >= 4 is 23.5 Å². The van der Waals surface area contributed by atoms with Crippen LogP contribution in [0.25, 0.3) is 0 Å². The molecule has 0 fully saturated rings. The Bertz CT molecular complexity index is 1190. The SMILES string of the molecule is CCC(=O)Oc1ccc(NC(=O)/C=C(C)/C=C/C=C(C)/C=C/C2=C(C)CCCC2(C)C)c(OC(=O)CC)c1. The minimum atomic E-state index is -0.469. The number of amides is 1. The Morgan fingerprint density at radius 3 is 2.34 bits per heavy atom. The smallest absolute Gasteiger partial charge is 0.310 e. The zero-order valence-electron chi connectivity index (χ0n) is 23.8. The molecular weight excluding hydrogens is 478 g/mol. The van der Waals surface area contributed by atoms with Gasteiger partial charge in [-0.05, 0) is 68.7 Å². The number of nitrogens with one attached hydrogen (secondary N) is 1. The first-order valence-corrected chi connectivity index (χ1v) is 13.2. The lowest BCUT2D eigenvalue weighted by atomic mass is 9.72. The lowest BCUT2D eigenvalue weighted by Crippen LogP contribution is -2.19. The van der Waals surface area contributed by atoms with Gasteiger partial charge >= 0.3 is 11.9 Å². The highest BCUT2D eigenvalue weighted by Gasteiger charge is 2.26. The van der Waals surface area contributed by atoms with E-state index in [0.717, 1.165) is 17.6 Å². The van der Waals surface area contributed by atoms with Crippen molar-refractivity contribution in [1.82, 2.24) is 0 Å². The molecule has 0 spiro atoms. The van der Waals surface area contributed by atoms with Gasteiger partial charge in [-0.1, -0.05) is 69.2 Å². The average Bonchev–Trinajstić information content (AvgIpc) is 2.84. The molecule has 0 aromatic heterocycles. The zero-order valence-corrected chi connectivity index (χ0v) is 23.8. The van der Waals surface area contributed by atoms with E-state index in [0.29, 0.717) is 5.69 Å². The summed E-state index contributed by atoms with van der Waals surface area (Å²) in [6, 6.07) is 4.49. The average molecular weight is 520 g/mol. The lowest BCUT2D eigenvalue weighted by Gasteiger charge is -2.32. The molecule has 0 saturated heterocycles. The quantitative estimate of drug-likeness (QED) is 0.148. The van der Waals surface area contributed by atoms with Gasteiger partial charge in [0.25, 0.3) is 0 Å². The fraction of sp³-hybridized carbons (Fsp3) is 0.406. The molecule has 204 valence electrons. The van der Waals surface area contributed by atoms with Crippen LogP contribution in [-0.2, 0) is 14.4 Å². The second kappa shape index (κ2) is 14.3. The maximum absolute atomic E-state index is 12.6. The Morgan fingerprint density at radius 1 is 1.00 bits per heavy atom. The molecular formula is C32H41NO5. The normalized spacial score (nSPS) is 16.2. The first kappa shape index (κ1) is 30.6. The van der Waals surface area contributed by atoms with E-state index in [1.807, 2.05) is 25.2 Å². The number of rotatable bonds is 10. The molecule has 1 aromatic rings. The van der Waals surface area contributed by atoms with Gasteiger partial charge in [0.15, 0.2) is 5.75 Å². The van der Waals surface area contributed by atoms with Crippen LogP contribution in [0.3, 0.4) is 0 Å². The first-order valence-electron chi connectivity index (χ1n) is 13.2. The summed E-state index contributed by atoms with van der Waals surface area (Å²) in [7, 11) is 0. The molecule has 0 heterocycles. The Kier molecular flexibility index (Phi) is 11.5. The summed E-state index contributed by atoms with van der Waals surface area (Å²) >= 11 is 0. The Balaban J connectivity index is 2.09. The number of benzene rings is 1. The van der Waals surface area contributed by atoms with Crippen LogP contribution in [0.1, 0.15) is 80.6 Å². The second-order valence-corrected chi connectivity index (χ2v) is 10.2. The molecule has 38 heavy (non-hydrogen) atoms. The summed E-state index contributed by atoms with van der Waals surface area (Å²) in [5.41, 5.74) is 5.27. The third-order valence-electron chi connectivity index (χ3n) is 6.38. The Labute approximate surface area is 227 Å². The Hall–Kier alpha value is -3.67. The van der Waals surface area contributed by atoms with Crippen molar-refractivity contribution in [3.63, 3.8) is 0 Å². The summed E-state index contributed by atoms with van der Waals surface area (Å²) in [5, 5.41) is 2.73. The minimum Gasteiger partial charge on any atom is -0.426 e. The molecule has 0 saturated carbocycles. The third kappa shape index (κ3) is 9.66. The number of hydrogen-bond donors (Lipinski definition) is 1. The van der Waals surface area contributed by atoms with Crippen molar-refractivity contribution in [2.75, 3.05) is 5.32 Å². The maximum Gasteiger partial charge on any atom is 0.310 e. The molecule has 0 unspecified atom stereocenters. The molecule has 1 amide bonds. The van der Waals surface area contributed by atoms with Gasteiger partial charge in [-0.2, -0.15) is 0 Å². The van der Waals surface area contributed by atoms with Gasteiger partial charge in [0.1, 0.15) is 5.75 Å². The van der Waals surface area contributed by atoms with E-state index in [-0.39, 0.29) is 35.7 Å². The molecule has 0 bridgehead atoms. The van der Waals surface area contributed by atoms with Crippen molar-refractivity contribution in [1.29, 1.82) is 0 Å². The highest BCUT2D eigenvalue weighted by molar-refractivity contribution is 6.01. The number of ether oxygens (including phenoxy) is 2. The molecule has 1 aliphatic rings. The standard InChI is InChI=1S/C32H41NO5/c1-8-30(35)37-25-16-18-27(28(21-25)38-31(36)9-2)33-29(34)20-23(4)13-10-12-22(3)15-17-26-24(5)14-11-19-32(26,6)7/h10,12-13,15-18,20-21H,8-9,11,14,19H2,1-7H3,(H,33,34)/b13-10+,17-15+,22-12+,23-20+. The van der Waals surface area contributed by atoms with Gasteiger partial charge in [0, 0.05) is 25.0 Å². The number of allylic oxidation sites excluding steroid dienone is 9. The van der Waals surface area contributed by atoms with Gasteiger partial charge in [0.2, 0.25) is 5.91 Å². The summed E-state index contributed by atoms with van der Waals surface area (Å²) in [6.07, 6.45) is 15.6. The van der Waals surface area contributed by atoms with Crippen molar-refractivity contribution < 1.29 is 23.9 Å². The van der Waals surface area contributed by atoms with E-state index >= 15 is 0 Å². The molecule has 2 rings (SSSR count). The first-order chi connectivity index (χ1) is 17.9. The van der Waals surface area contributed by atoms with Crippen LogP contribution in [0.5, 0.6) is 11.5 Å². The van der Waals surface area contributed by atoms with Gasteiger partial charge in [-0.3, -0.25) is 14.4 Å². The predicted molar refractivity (Wildman–Crippen MR) is 153 cm³/mol. The van der Waals surface area contributed by atoms with Crippen LogP contribution in [-0.4, -0.2) is 17.8 Å². The summed E-state index contributed by atoms with van der Waals surface area (Å²) < 4.78 is 10.5. The van der Waals surface area contributed by atoms with Crippen LogP contribution in [0.4, 0.5) is 5.69 Å². The van der Waals surface area contributed by atoms with Gasteiger partial charge in [0.05, 0.1) is 5.69 Å². The molecule has 6 heteroatoms. The number of anilines is 1. The summed E-state index contributed by atoms with van der Waals surface area (Å²) in [4.78, 5) is 36.1. The molecule has 0 atom stereocenters. The van der Waals surface area contributed by atoms with Crippen molar-refractivity contribution in [2.45, 2.75) is 80.6 Å². The van der Waals surface area contributed by atoms with Crippen LogP contribution in [0, 0.1) is 5.41 Å². The van der Waals surface area contributed by atoms with Crippen LogP contribution >= 0.6 is 0 Å². The van der Waals surface area contributed by atoms with Crippen LogP contribution in [0.15, 0.2) is 76.9 Å². The molecule has 0 aliphatic heterocycles. The number of hydrogen-bond acceptors (Lipinski definition) is 5. The van der Waals surface area contributed by atoms with E-state index in [9.17, 15) is 14.4 Å².